The highest BCUT2D eigenvalue weighted by atomic mass is 32.1. The number of aryl methyl sites for hydroxylation is 2. The Morgan fingerprint density at radius 1 is 1.08 bits per heavy atom. The van der Waals surface area contributed by atoms with Gasteiger partial charge in [0.05, 0.1) is 12.2 Å². The highest BCUT2D eigenvalue weighted by molar-refractivity contribution is 7.17. The third-order valence-electron chi connectivity index (χ3n) is 7.01. The average Bonchev–Trinajstić information content (AvgIpc) is 3.26. The molecule has 0 aliphatic heterocycles. The zero-order valence-electron chi connectivity index (χ0n) is 23.2. The van der Waals surface area contributed by atoms with E-state index in [2.05, 4.69) is 17.6 Å². The second kappa shape index (κ2) is 12.5. The molecule has 2 aromatic carbocycles. The molecule has 206 valence electrons. The van der Waals surface area contributed by atoms with Gasteiger partial charge in [0.1, 0.15) is 10.8 Å². The summed E-state index contributed by atoms with van der Waals surface area (Å²) in [7, 11) is 0. The van der Waals surface area contributed by atoms with Crippen molar-refractivity contribution in [3.63, 3.8) is 0 Å². The van der Waals surface area contributed by atoms with Crippen molar-refractivity contribution in [2.75, 3.05) is 17.2 Å². The fraction of sp³-hybridized carbons (Fsp3) is 0.387. The van der Waals surface area contributed by atoms with Crippen LogP contribution in [0.25, 0.3) is 0 Å². The second-order valence-electron chi connectivity index (χ2n) is 9.97. The highest BCUT2D eigenvalue weighted by Crippen LogP contribution is 2.40. The van der Waals surface area contributed by atoms with Crippen LogP contribution in [-0.2, 0) is 28.8 Å². The summed E-state index contributed by atoms with van der Waals surface area (Å²) in [4.78, 5) is 39.8. The molecule has 0 radical (unpaired) electrons. The average molecular weight is 549 g/mol. The monoisotopic (exact) mass is 548 g/mol. The van der Waals surface area contributed by atoms with Crippen LogP contribution >= 0.6 is 11.3 Å². The van der Waals surface area contributed by atoms with E-state index in [1.54, 1.807) is 38.1 Å². The molecular weight excluding hydrogens is 512 g/mol. The molecule has 0 saturated heterocycles. The first-order valence-electron chi connectivity index (χ1n) is 13.5. The van der Waals surface area contributed by atoms with E-state index in [0.717, 1.165) is 52.9 Å². The third kappa shape index (κ3) is 6.50. The van der Waals surface area contributed by atoms with Crippen LogP contribution in [0.4, 0.5) is 10.7 Å². The maximum absolute atomic E-state index is 13.1. The number of nitrogens with one attached hydrogen (secondary N) is 2. The Morgan fingerprint density at radius 3 is 2.51 bits per heavy atom. The molecule has 1 heterocycles. The Balaban J connectivity index is 1.43. The molecule has 0 fully saturated rings. The van der Waals surface area contributed by atoms with Gasteiger partial charge in [0, 0.05) is 16.1 Å². The number of esters is 1. The van der Waals surface area contributed by atoms with Crippen LogP contribution in [0.1, 0.15) is 76.4 Å². The summed E-state index contributed by atoms with van der Waals surface area (Å²) < 4.78 is 11.2. The Bertz CT molecular complexity index is 1360. The van der Waals surface area contributed by atoms with Crippen molar-refractivity contribution in [2.45, 2.75) is 66.4 Å². The van der Waals surface area contributed by atoms with Gasteiger partial charge < -0.3 is 20.1 Å². The molecule has 0 spiro atoms. The third-order valence-corrected chi connectivity index (χ3v) is 8.17. The molecule has 39 heavy (non-hydrogen) atoms. The van der Waals surface area contributed by atoms with Crippen molar-refractivity contribution in [3.8, 4) is 5.75 Å². The summed E-state index contributed by atoms with van der Waals surface area (Å²) in [6.45, 7) is 9.95. The number of anilines is 2. The summed E-state index contributed by atoms with van der Waals surface area (Å²) in [6.07, 6.45) is 2.78. The van der Waals surface area contributed by atoms with Crippen molar-refractivity contribution in [2.24, 2.45) is 5.92 Å². The number of para-hydroxylation sites is 1. The number of fused-ring (bicyclic) bond motifs is 1. The van der Waals surface area contributed by atoms with E-state index in [1.807, 2.05) is 32.0 Å². The molecule has 2 unspecified atom stereocenters. The minimum absolute atomic E-state index is 0.247. The van der Waals surface area contributed by atoms with E-state index in [4.69, 9.17) is 9.47 Å². The van der Waals surface area contributed by atoms with Crippen LogP contribution in [0.15, 0.2) is 42.5 Å². The van der Waals surface area contributed by atoms with Crippen molar-refractivity contribution in [1.29, 1.82) is 0 Å². The van der Waals surface area contributed by atoms with Crippen LogP contribution in [0, 0.1) is 12.8 Å². The van der Waals surface area contributed by atoms with Crippen molar-refractivity contribution in [3.05, 3.63) is 75.2 Å². The van der Waals surface area contributed by atoms with Gasteiger partial charge in [-0.25, -0.2) is 4.79 Å². The van der Waals surface area contributed by atoms with E-state index < -0.39 is 12.1 Å². The first-order chi connectivity index (χ1) is 18.7. The number of hydrogen-bond donors (Lipinski definition) is 2. The Kier molecular flexibility index (Phi) is 9.07. The summed E-state index contributed by atoms with van der Waals surface area (Å²) in [5, 5.41) is 6.46. The fourth-order valence-corrected chi connectivity index (χ4v) is 6.20. The molecule has 1 aliphatic carbocycles. The van der Waals surface area contributed by atoms with E-state index in [1.165, 1.54) is 11.3 Å². The molecule has 8 heteroatoms. The lowest BCUT2D eigenvalue weighted by Gasteiger charge is -2.18. The van der Waals surface area contributed by atoms with Crippen LogP contribution in [0.5, 0.6) is 5.75 Å². The molecule has 0 saturated carbocycles. The van der Waals surface area contributed by atoms with Crippen LogP contribution in [0.2, 0.25) is 0 Å². The number of benzene rings is 2. The summed E-state index contributed by atoms with van der Waals surface area (Å²) >= 11 is 1.46. The maximum atomic E-state index is 13.1. The fourth-order valence-electron chi connectivity index (χ4n) is 4.80. The molecular formula is C31H36N2O5S. The van der Waals surface area contributed by atoms with E-state index in [0.29, 0.717) is 27.8 Å². The molecule has 3 aromatic rings. The van der Waals surface area contributed by atoms with Gasteiger partial charge >= 0.3 is 5.97 Å². The standard InChI is InChI=1S/C31H36N2O5S/c1-6-21-10-8-9-19(4)27(21)32-28(34)20(5)38-23-14-12-22(13-15-23)29(35)33-30-26(31(36)37-7-2)24-16-11-18(3)17-25(24)39-30/h8-10,12-15,18,20H,6-7,11,16-17H2,1-5H3,(H,32,34)(H,33,35). The van der Waals surface area contributed by atoms with Crippen LogP contribution < -0.4 is 15.4 Å². The van der Waals surface area contributed by atoms with Crippen molar-refractivity contribution >= 4 is 39.8 Å². The van der Waals surface area contributed by atoms with Crippen molar-refractivity contribution in [1.82, 2.24) is 0 Å². The molecule has 1 aromatic heterocycles. The lowest BCUT2D eigenvalue weighted by molar-refractivity contribution is -0.122. The molecule has 1 aliphatic rings. The largest absolute Gasteiger partial charge is 0.481 e. The van der Waals surface area contributed by atoms with Crippen molar-refractivity contribution < 1.29 is 23.9 Å². The minimum atomic E-state index is -0.735. The topological polar surface area (TPSA) is 93.7 Å². The van der Waals surface area contributed by atoms with Crippen LogP contribution in [0.3, 0.4) is 0 Å². The van der Waals surface area contributed by atoms with E-state index in [9.17, 15) is 14.4 Å². The van der Waals surface area contributed by atoms with E-state index >= 15 is 0 Å². The molecule has 2 atom stereocenters. The number of carbonyl (C=O) groups excluding carboxylic acids is 3. The number of thiophene rings is 1. The van der Waals surface area contributed by atoms with Crippen LogP contribution in [-0.4, -0.2) is 30.5 Å². The zero-order valence-corrected chi connectivity index (χ0v) is 24.0. The lowest BCUT2D eigenvalue weighted by atomic mass is 9.88. The normalized spacial score (nSPS) is 15.2. The number of carbonyl (C=O) groups is 3. The van der Waals surface area contributed by atoms with Gasteiger partial charge in [-0.3, -0.25) is 9.59 Å². The molecule has 2 amide bonds. The first-order valence-corrected chi connectivity index (χ1v) is 14.3. The van der Waals surface area contributed by atoms with Gasteiger partial charge in [-0.05, 0) is 93.3 Å². The Morgan fingerprint density at radius 2 is 1.82 bits per heavy atom. The number of ether oxygens (including phenoxy) is 2. The molecule has 2 N–H and O–H groups in total. The predicted octanol–water partition coefficient (Wildman–Crippen LogP) is 6.58. The van der Waals surface area contributed by atoms with Gasteiger partial charge in [-0.1, -0.05) is 32.0 Å². The Hall–Kier alpha value is -3.65. The summed E-state index contributed by atoms with van der Waals surface area (Å²) in [6, 6.07) is 12.6. The quantitative estimate of drug-likeness (QED) is 0.295. The minimum Gasteiger partial charge on any atom is -0.481 e. The first kappa shape index (κ1) is 28.4. The smallest absolute Gasteiger partial charge is 0.341 e. The molecule has 0 bridgehead atoms. The van der Waals surface area contributed by atoms with Gasteiger partial charge in [0.2, 0.25) is 0 Å². The van der Waals surface area contributed by atoms with Gasteiger partial charge in [0.15, 0.2) is 6.10 Å². The highest BCUT2D eigenvalue weighted by Gasteiger charge is 2.29. The molecule has 7 nitrogen and oxygen atoms in total. The zero-order chi connectivity index (χ0) is 28.1. The SMILES string of the molecule is CCOC(=O)c1c(NC(=O)c2ccc(OC(C)C(=O)Nc3c(C)cccc3CC)cc2)sc2c1CCC(C)C2. The predicted molar refractivity (Wildman–Crippen MR) is 155 cm³/mol. The van der Waals surface area contributed by atoms with Gasteiger partial charge in [-0.2, -0.15) is 0 Å². The number of amides is 2. The van der Waals surface area contributed by atoms with Gasteiger partial charge in [-0.15, -0.1) is 11.3 Å². The maximum Gasteiger partial charge on any atom is 0.341 e. The van der Waals surface area contributed by atoms with E-state index in [-0.39, 0.29) is 18.4 Å². The summed E-state index contributed by atoms with van der Waals surface area (Å²) in [5.74, 6) is 0.0479. The second-order valence-corrected chi connectivity index (χ2v) is 11.1. The number of hydrogen-bond acceptors (Lipinski definition) is 6. The Labute approximate surface area is 233 Å². The molecule has 4 rings (SSSR count). The summed E-state index contributed by atoms with van der Waals surface area (Å²) in [5.41, 5.74) is 4.79. The van der Waals surface area contributed by atoms with Gasteiger partial charge in [0.25, 0.3) is 11.8 Å². The lowest BCUT2D eigenvalue weighted by Crippen LogP contribution is -2.30. The number of rotatable bonds is 9.